The topological polar surface area (TPSA) is 40.2 Å². The lowest BCUT2D eigenvalue weighted by molar-refractivity contribution is 0.229. The average Bonchev–Trinajstić information content (AvgIpc) is 3.23. The van der Waals surface area contributed by atoms with Crippen LogP contribution in [0.15, 0.2) is 24.3 Å². The molecule has 2 heterocycles. The molecule has 1 fully saturated rings. The molecular formula is C24H28ClNO4. The van der Waals surface area contributed by atoms with Crippen LogP contribution in [-0.4, -0.2) is 45.9 Å². The van der Waals surface area contributed by atoms with E-state index in [4.69, 9.17) is 18.9 Å². The summed E-state index contributed by atoms with van der Waals surface area (Å²) < 4.78 is 22.5. The third-order valence-corrected chi connectivity index (χ3v) is 6.65. The lowest BCUT2D eigenvalue weighted by Gasteiger charge is -2.33. The van der Waals surface area contributed by atoms with Gasteiger partial charge in [-0.2, -0.15) is 0 Å². The Kier molecular flexibility index (Phi) is 5.60. The van der Waals surface area contributed by atoms with Crippen LogP contribution in [0, 0.1) is 0 Å². The molecule has 1 atom stereocenters. The highest BCUT2D eigenvalue weighted by Crippen LogP contribution is 2.46. The Labute approximate surface area is 183 Å². The molecule has 2 aliphatic rings. The minimum Gasteiger partial charge on any atom is -0.493 e. The summed E-state index contributed by atoms with van der Waals surface area (Å²) in [5, 5.41) is 4.82. The minimum atomic E-state index is 0. The molecule has 0 saturated carbocycles. The van der Waals surface area contributed by atoms with Crippen molar-refractivity contribution in [3.05, 3.63) is 35.4 Å². The molecule has 3 aromatic rings. The van der Waals surface area contributed by atoms with Crippen LogP contribution in [-0.2, 0) is 13.0 Å². The maximum absolute atomic E-state index is 5.64. The summed E-state index contributed by atoms with van der Waals surface area (Å²) in [6.07, 6.45) is 3.63. The summed E-state index contributed by atoms with van der Waals surface area (Å²) in [6.45, 7) is 2.17. The van der Waals surface area contributed by atoms with Gasteiger partial charge in [0, 0.05) is 12.6 Å². The highest BCUT2D eigenvalue weighted by molar-refractivity contribution is 6.12. The van der Waals surface area contributed by atoms with E-state index in [2.05, 4.69) is 29.2 Å². The van der Waals surface area contributed by atoms with Crippen LogP contribution in [0.1, 0.15) is 24.0 Å². The van der Waals surface area contributed by atoms with Gasteiger partial charge >= 0.3 is 0 Å². The lowest BCUT2D eigenvalue weighted by Crippen LogP contribution is -2.35. The number of nitrogens with zero attached hydrogens (tertiary/aromatic N) is 1. The van der Waals surface area contributed by atoms with Gasteiger partial charge in [-0.3, -0.25) is 4.90 Å². The van der Waals surface area contributed by atoms with E-state index in [1.54, 1.807) is 28.4 Å². The van der Waals surface area contributed by atoms with Crippen LogP contribution in [0.3, 0.4) is 0 Å². The van der Waals surface area contributed by atoms with Crippen LogP contribution in [0.2, 0.25) is 0 Å². The number of benzene rings is 3. The summed E-state index contributed by atoms with van der Waals surface area (Å²) in [4.78, 5) is 2.63. The second kappa shape index (κ2) is 8.05. The SMILES string of the molecule is COc1cc2c3c(c4cc(OC)c(OC)cc4c2cc1OC)CN1CCCC1C3.Cl. The van der Waals surface area contributed by atoms with Gasteiger partial charge in [0.2, 0.25) is 0 Å². The largest absolute Gasteiger partial charge is 0.493 e. The van der Waals surface area contributed by atoms with Gasteiger partial charge in [0.25, 0.3) is 0 Å². The first-order valence-electron chi connectivity index (χ1n) is 10.2. The molecule has 3 aromatic carbocycles. The van der Waals surface area contributed by atoms with Crippen molar-refractivity contribution in [1.29, 1.82) is 0 Å². The Hall–Kier alpha value is -2.37. The van der Waals surface area contributed by atoms with Gasteiger partial charge in [-0.1, -0.05) is 0 Å². The monoisotopic (exact) mass is 429 g/mol. The molecule has 6 heteroatoms. The first kappa shape index (κ1) is 20.9. The smallest absolute Gasteiger partial charge is 0.161 e. The van der Waals surface area contributed by atoms with Crippen LogP contribution >= 0.6 is 12.4 Å². The molecule has 1 unspecified atom stereocenters. The summed E-state index contributed by atoms with van der Waals surface area (Å²) in [5.74, 6) is 3.03. The first-order chi connectivity index (χ1) is 14.2. The van der Waals surface area contributed by atoms with E-state index < -0.39 is 0 Å². The first-order valence-corrected chi connectivity index (χ1v) is 10.2. The molecule has 0 spiro atoms. The second-order valence-corrected chi connectivity index (χ2v) is 7.93. The highest BCUT2D eigenvalue weighted by Gasteiger charge is 2.32. The molecule has 0 bridgehead atoms. The summed E-state index contributed by atoms with van der Waals surface area (Å²) in [6, 6.07) is 9.12. The number of halogens is 1. The molecule has 0 radical (unpaired) electrons. The van der Waals surface area contributed by atoms with Crippen molar-refractivity contribution in [3.8, 4) is 23.0 Å². The Morgan fingerprint density at radius 3 is 1.67 bits per heavy atom. The number of fused-ring (bicyclic) bond motifs is 7. The van der Waals surface area contributed by atoms with E-state index >= 15 is 0 Å². The molecule has 0 aliphatic carbocycles. The van der Waals surface area contributed by atoms with Gasteiger partial charge in [-0.15, -0.1) is 12.4 Å². The van der Waals surface area contributed by atoms with E-state index in [0.717, 1.165) is 41.3 Å². The quantitative estimate of drug-likeness (QED) is 0.547. The van der Waals surface area contributed by atoms with Gasteiger partial charge in [0.1, 0.15) is 0 Å². The van der Waals surface area contributed by atoms with Crippen molar-refractivity contribution in [1.82, 2.24) is 4.90 Å². The van der Waals surface area contributed by atoms with E-state index in [1.807, 2.05) is 0 Å². The maximum Gasteiger partial charge on any atom is 0.161 e. The van der Waals surface area contributed by atoms with Crippen molar-refractivity contribution in [2.75, 3.05) is 35.0 Å². The van der Waals surface area contributed by atoms with Gasteiger partial charge in [0.15, 0.2) is 23.0 Å². The summed E-state index contributed by atoms with van der Waals surface area (Å²) >= 11 is 0. The Morgan fingerprint density at radius 1 is 0.700 bits per heavy atom. The maximum atomic E-state index is 5.64. The van der Waals surface area contributed by atoms with Crippen molar-refractivity contribution < 1.29 is 18.9 Å². The zero-order valence-electron chi connectivity index (χ0n) is 17.9. The fourth-order valence-electron chi connectivity index (χ4n) is 5.22. The van der Waals surface area contributed by atoms with Crippen LogP contribution in [0.5, 0.6) is 23.0 Å². The minimum absolute atomic E-state index is 0. The van der Waals surface area contributed by atoms with E-state index in [-0.39, 0.29) is 12.4 Å². The number of ether oxygens (including phenoxy) is 4. The van der Waals surface area contributed by atoms with Crippen LogP contribution in [0.25, 0.3) is 21.5 Å². The van der Waals surface area contributed by atoms with Crippen molar-refractivity contribution in [2.45, 2.75) is 31.8 Å². The number of methoxy groups -OCH3 is 4. The summed E-state index contributed by atoms with van der Waals surface area (Å²) in [7, 11) is 6.76. The van der Waals surface area contributed by atoms with Crippen LogP contribution in [0.4, 0.5) is 0 Å². The Morgan fingerprint density at radius 2 is 1.17 bits per heavy atom. The number of hydrogen-bond donors (Lipinski definition) is 0. The molecule has 0 N–H and O–H groups in total. The molecule has 0 aromatic heterocycles. The lowest BCUT2D eigenvalue weighted by atomic mass is 9.85. The fourth-order valence-corrected chi connectivity index (χ4v) is 5.22. The fraction of sp³-hybridized carbons (Fsp3) is 0.417. The van der Waals surface area contributed by atoms with E-state index in [0.29, 0.717) is 6.04 Å². The van der Waals surface area contributed by atoms with Crippen LogP contribution < -0.4 is 18.9 Å². The summed E-state index contributed by atoms with van der Waals surface area (Å²) in [5.41, 5.74) is 2.84. The molecule has 2 aliphatic heterocycles. The third kappa shape index (κ3) is 3.03. The Bertz CT molecular complexity index is 1030. The van der Waals surface area contributed by atoms with Gasteiger partial charge in [-0.05, 0) is 82.7 Å². The highest BCUT2D eigenvalue weighted by atomic mass is 35.5. The third-order valence-electron chi connectivity index (χ3n) is 6.65. The molecule has 30 heavy (non-hydrogen) atoms. The average molecular weight is 430 g/mol. The van der Waals surface area contributed by atoms with E-state index in [9.17, 15) is 0 Å². The Balaban J connectivity index is 0.00000218. The van der Waals surface area contributed by atoms with Gasteiger partial charge in [-0.25, -0.2) is 0 Å². The molecule has 0 amide bonds. The second-order valence-electron chi connectivity index (χ2n) is 7.93. The van der Waals surface area contributed by atoms with E-state index in [1.165, 1.54) is 46.7 Å². The van der Waals surface area contributed by atoms with Gasteiger partial charge < -0.3 is 18.9 Å². The number of hydrogen-bond acceptors (Lipinski definition) is 5. The standard InChI is InChI=1S/C24H27NO4.ClH/c1-26-21-9-16-15-8-14-6-5-7-25(14)13-20(15)19-12-24(29-4)23(28-3)11-18(19)17(16)10-22(21)27-2;/h9-12,14H,5-8,13H2,1-4H3;1H. The predicted molar refractivity (Wildman–Crippen MR) is 122 cm³/mol. The zero-order valence-corrected chi connectivity index (χ0v) is 18.7. The molecule has 160 valence electrons. The van der Waals surface area contributed by atoms with Crippen molar-refractivity contribution >= 4 is 34.0 Å². The molecule has 1 saturated heterocycles. The zero-order chi connectivity index (χ0) is 20.1. The molecule has 5 nitrogen and oxygen atoms in total. The van der Waals surface area contributed by atoms with Crippen molar-refractivity contribution in [3.63, 3.8) is 0 Å². The predicted octanol–water partition coefficient (Wildman–Crippen LogP) is 4.97. The molecular weight excluding hydrogens is 402 g/mol. The normalized spacial score (nSPS) is 17.9. The van der Waals surface area contributed by atoms with Gasteiger partial charge in [0.05, 0.1) is 28.4 Å². The number of rotatable bonds is 4. The molecule has 5 rings (SSSR count). The van der Waals surface area contributed by atoms with Crippen molar-refractivity contribution in [2.24, 2.45) is 0 Å².